The Balaban J connectivity index is 0.000000274. The quantitative estimate of drug-likeness (QED) is 0.208. The van der Waals surface area contributed by atoms with E-state index in [1.54, 1.807) is 91.9 Å². The highest BCUT2D eigenvalue weighted by molar-refractivity contribution is 5.90. The molecule has 4 aromatic carbocycles. The Kier molecular flexibility index (Phi) is 17.0. The Morgan fingerprint density at radius 2 is 0.634 bits per heavy atom. The number of hydrogen-bond acceptors (Lipinski definition) is 8. The van der Waals surface area contributed by atoms with Gasteiger partial charge in [-0.15, -0.1) is 0 Å². The second kappa shape index (κ2) is 20.7. The van der Waals surface area contributed by atoms with Gasteiger partial charge in [-0.3, -0.25) is 0 Å². The molecule has 4 aromatic rings. The molecule has 0 spiro atoms. The van der Waals surface area contributed by atoms with Crippen molar-refractivity contribution in [2.45, 2.75) is 6.92 Å². The van der Waals surface area contributed by atoms with E-state index in [0.717, 1.165) is 0 Å². The first kappa shape index (κ1) is 33.8. The third-order valence-corrected chi connectivity index (χ3v) is 4.87. The highest BCUT2D eigenvalue weighted by atomic mass is 16.5. The Morgan fingerprint density at radius 3 is 0.829 bits per heavy atom. The van der Waals surface area contributed by atoms with Crippen molar-refractivity contribution < 1.29 is 38.1 Å². The van der Waals surface area contributed by atoms with Crippen molar-refractivity contribution in [3.63, 3.8) is 0 Å². The van der Waals surface area contributed by atoms with Crippen LogP contribution in [0.3, 0.4) is 0 Å². The maximum absolute atomic E-state index is 11.0. The molecular weight excluding hydrogens is 524 g/mol. The fourth-order valence-electron chi connectivity index (χ4n) is 2.86. The lowest BCUT2D eigenvalue weighted by atomic mass is 10.2. The fourth-order valence-corrected chi connectivity index (χ4v) is 2.86. The highest BCUT2D eigenvalue weighted by Gasteiger charge is 2.03. The van der Waals surface area contributed by atoms with Gasteiger partial charge in [-0.2, -0.15) is 0 Å². The average molecular weight is 559 g/mol. The maximum atomic E-state index is 11.0. The molecule has 8 nitrogen and oxygen atoms in total. The molecule has 4 rings (SSSR count). The van der Waals surface area contributed by atoms with Crippen LogP contribution < -0.4 is 0 Å². The van der Waals surface area contributed by atoms with Gasteiger partial charge in [0, 0.05) is 0 Å². The number of ether oxygens (including phenoxy) is 4. The molecule has 0 aliphatic heterocycles. The van der Waals surface area contributed by atoms with Gasteiger partial charge in [0.2, 0.25) is 0 Å². The average Bonchev–Trinajstić information content (AvgIpc) is 3.06. The van der Waals surface area contributed by atoms with Crippen LogP contribution in [0.2, 0.25) is 0 Å². The zero-order valence-corrected chi connectivity index (χ0v) is 23.5. The minimum absolute atomic E-state index is 0.256. The van der Waals surface area contributed by atoms with Gasteiger partial charge in [-0.1, -0.05) is 72.8 Å². The van der Waals surface area contributed by atoms with Crippen molar-refractivity contribution in [2.24, 2.45) is 0 Å². The third-order valence-electron chi connectivity index (χ3n) is 4.87. The number of methoxy groups -OCH3 is 3. The van der Waals surface area contributed by atoms with E-state index in [9.17, 15) is 19.2 Å². The van der Waals surface area contributed by atoms with Crippen molar-refractivity contribution in [2.75, 3.05) is 27.9 Å². The SMILES string of the molecule is CCOC(=O)c1ccccc1.COC(=O)c1ccccc1.COC(=O)c1ccccc1.COC(=O)c1ccccc1. The second-order valence-electron chi connectivity index (χ2n) is 7.66. The summed E-state index contributed by atoms with van der Waals surface area (Å²) in [6.45, 7) is 2.22. The Hall–Kier alpha value is -5.24. The predicted octanol–water partition coefficient (Wildman–Crippen LogP) is 6.28. The summed E-state index contributed by atoms with van der Waals surface area (Å²) in [5, 5.41) is 0. The molecular formula is C33H34O8. The molecule has 0 bridgehead atoms. The van der Waals surface area contributed by atoms with Crippen LogP contribution in [0.1, 0.15) is 48.4 Å². The Labute approximate surface area is 240 Å². The van der Waals surface area contributed by atoms with Crippen LogP contribution in [0.4, 0.5) is 0 Å². The Morgan fingerprint density at radius 1 is 0.415 bits per heavy atom. The van der Waals surface area contributed by atoms with E-state index in [1.165, 1.54) is 21.3 Å². The van der Waals surface area contributed by atoms with E-state index in [0.29, 0.717) is 28.9 Å². The first-order valence-corrected chi connectivity index (χ1v) is 12.5. The Bertz CT molecular complexity index is 1170. The molecule has 8 heteroatoms. The first-order chi connectivity index (χ1) is 19.9. The van der Waals surface area contributed by atoms with Crippen molar-refractivity contribution in [3.05, 3.63) is 144 Å². The summed E-state index contributed by atoms with van der Waals surface area (Å²) in [5.41, 5.74) is 2.37. The van der Waals surface area contributed by atoms with Crippen molar-refractivity contribution >= 4 is 23.9 Å². The summed E-state index contributed by atoms with van der Waals surface area (Å²) in [6, 6.07) is 35.6. The standard InChI is InChI=1S/C9H10O2.3C8H8O2/c1-2-11-9(10)8-6-4-3-5-7-8;3*1-10-8(9)7-5-3-2-4-6-7/h3-7H,2H2,1H3;3*2-6H,1H3. The zero-order valence-electron chi connectivity index (χ0n) is 23.5. The molecule has 0 saturated carbocycles. The minimum atomic E-state index is -0.291. The molecule has 0 aliphatic rings. The maximum Gasteiger partial charge on any atom is 0.338 e. The minimum Gasteiger partial charge on any atom is -0.465 e. The third kappa shape index (κ3) is 13.9. The van der Waals surface area contributed by atoms with E-state index in [1.807, 2.05) is 36.4 Å². The number of carbonyl (C=O) groups excluding carboxylic acids is 4. The molecule has 214 valence electrons. The van der Waals surface area contributed by atoms with Gasteiger partial charge in [-0.05, 0) is 55.5 Å². The lowest BCUT2D eigenvalue weighted by molar-refractivity contribution is 0.0523. The highest BCUT2D eigenvalue weighted by Crippen LogP contribution is 2.01. The lowest BCUT2D eigenvalue weighted by Gasteiger charge is -1.99. The smallest absolute Gasteiger partial charge is 0.338 e. The van der Waals surface area contributed by atoms with Crippen LogP contribution in [0.25, 0.3) is 0 Å². The lowest BCUT2D eigenvalue weighted by Crippen LogP contribution is -2.03. The molecule has 0 atom stereocenters. The van der Waals surface area contributed by atoms with Crippen LogP contribution >= 0.6 is 0 Å². The molecule has 0 unspecified atom stereocenters. The molecule has 0 aromatic heterocycles. The summed E-state index contributed by atoms with van der Waals surface area (Å²) >= 11 is 0. The fraction of sp³-hybridized carbons (Fsp3) is 0.152. The molecule has 0 N–H and O–H groups in total. The van der Waals surface area contributed by atoms with E-state index >= 15 is 0 Å². The number of rotatable bonds is 5. The second-order valence-corrected chi connectivity index (χ2v) is 7.66. The number of benzene rings is 4. The van der Waals surface area contributed by atoms with Gasteiger partial charge in [0.05, 0.1) is 50.2 Å². The topological polar surface area (TPSA) is 105 Å². The van der Waals surface area contributed by atoms with Crippen LogP contribution in [-0.4, -0.2) is 51.8 Å². The van der Waals surface area contributed by atoms with Crippen molar-refractivity contribution in [1.82, 2.24) is 0 Å². The zero-order chi connectivity index (χ0) is 30.3. The number of hydrogen-bond donors (Lipinski definition) is 0. The molecule has 41 heavy (non-hydrogen) atoms. The van der Waals surface area contributed by atoms with Gasteiger partial charge >= 0.3 is 23.9 Å². The van der Waals surface area contributed by atoms with Gasteiger partial charge in [-0.25, -0.2) is 19.2 Å². The molecule has 0 radical (unpaired) electrons. The molecule has 0 heterocycles. The van der Waals surface area contributed by atoms with Crippen molar-refractivity contribution in [1.29, 1.82) is 0 Å². The van der Waals surface area contributed by atoms with Crippen molar-refractivity contribution in [3.8, 4) is 0 Å². The number of carbonyl (C=O) groups is 4. The first-order valence-electron chi connectivity index (χ1n) is 12.5. The van der Waals surface area contributed by atoms with Gasteiger partial charge in [0.1, 0.15) is 0 Å². The van der Waals surface area contributed by atoms with Crippen LogP contribution in [0.5, 0.6) is 0 Å². The summed E-state index contributed by atoms with van der Waals surface area (Å²) in [7, 11) is 4.11. The number of esters is 4. The largest absolute Gasteiger partial charge is 0.465 e. The molecule has 0 fully saturated rings. The molecule has 0 amide bonds. The van der Waals surface area contributed by atoms with Crippen LogP contribution in [0.15, 0.2) is 121 Å². The molecule has 0 aliphatic carbocycles. The van der Waals surface area contributed by atoms with Gasteiger partial charge < -0.3 is 18.9 Å². The summed E-state index contributed by atoms with van der Waals surface area (Å²) < 4.78 is 18.3. The van der Waals surface area contributed by atoms with Gasteiger partial charge in [0.15, 0.2) is 0 Å². The normalized spacial score (nSPS) is 8.98. The van der Waals surface area contributed by atoms with Gasteiger partial charge in [0.25, 0.3) is 0 Å². The van der Waals surface area contributed by atoms with E-state index in [-0.39, 0.29) is 23.9 Å². The summed E-state index contributed by atoms with van der Waals surface area (Å²) in [5.74, 6) is -1.13. The summed E-state index contributed by atoms with van der Waals surface area (Å²) in [4.78, 5) is 43.4. The van der Waals surface area contributed by atoms with E-state index in [4.69, 9.17) is 4.74 Å². The van der Waals surface area contributed by atoms with E-state index < -0.39 is 0 Å². The predicted molar refractivity (Wildman–Crippen MR) is 156 cm³/mol. The molecule has 0 saturated heterocycles. The van der Waals surface area contributed by atoms with E-state index in [2.05, 4.69) is 14.2 Å². The van der Waals surface area contributed by atoms with Crippen LogP contribution in [-0.2, 0) is 18.9 Å². The monoisotopic (exact) mass is 558 g/mol. The van der Waals surface area contributed by atoms with Crippen LogP contribution in [0, 0.1) is 0 Å². The summed E-state index contributed by atoms with van der Waals surface area (Å²) in [6.07, 6.45) is 0.